The van der Waals surface area contributed by atoms with Crippen molar-refractivity contribution in [2.45, 2.75) is 23.3 Å². The predicted molar refractivity (Wildman–Crippen MR) is 95.6 cm³/mol. The van der Waals surface area contributed by atoms with E-state index >= 15 is 0 Å². The fourth-order valence-electron chi connectivity index (χ4n) is 2.73. The van der Waals surface area contributed by atoms with Crippen LogP contribution < -0.4 is 10.0 Å². The third-order valence-electron chi connectivity index (χ3n) is 4.15. The average molecular weight is 382 g/mol. The Bertz CT molecular complexity index is 933. The predicted octanol–water partition coefficient (Wildman–Crippen LogP) is 3.12. The number of nitro benzene ring substituents is 1. The molecule has 2 atom stereocenters. The summed E-state index contributed by atoms with van der Waals surface area (Å²) in [6.45, 7) is 0. The number of nitrogens with zero attached hydrogens (tertiary/aromatic N) is 1. The molecule has 2 aromatic rings. The van der Waals surface area contributed by atoms with E-state index in [0.717, 1.165) is 18.1 Å². The Kier molecular flexibility index (Phi) is 4.68. The van der Waals surface area contributed by atoms with Gasteiger partial charge in [-0.1, -0.05) is 23.7 Å². The van der Waals surface area contributed by atoms with Crippen LogP contribution >= 0.6 is 11.6 Å². The number of nitrogens with one attached hydrogen (secondary N) is 2. The standard InChI is InChI=1S/C16H16ClN3O4S/c1-18-25(23,24)12-5-6-14(16(8-12)20(21)22)19-15-9-13(15)10-3-2-4-11(17)7-10/h2-8,13,15,18-19H,9H2,1H3. The summed E-state index contributed by atoms with van der Waals surface area (Å²) in [7, 11) is -2.48. The van der Waals surface area contributed by atoms with Crippen molar-refractivity contribution in [2.24, 2.45) is 0 Å². The lowest BCUT2D eigenvalue weighted by atomic mass is 10.1. The van der Waals surface area contributed by atoms with Gasteiger partial charge in [0.25, 0.3) is 5.69 Å². The fourth-order valence-corrected chi connectivity index (χ4v) is 3.68. The summed E-state index contributed by atoms with van der Waals surface area (Å²) in [6, 6.07) is 11.4. The first-order valence-corrected chi connectivity index (χ1v) is 9.42. The minimum atomic E-state index is -3.74. The van der Waals surface area contributed by atoms with Crippen molar-refractivity contribution in [1.82, 2.24) is 4.72 Å². The lowest BCUT2D eigenvalue weighted by molar-refractivity contribution is -0.384. The van der Waals surface area contributed by atoms with Gasteiger partial charge in [0.15, 0.2) is 0 Å². The van der Waals surface area contributed by atoms with Gasteiger partial charge in [0, 0.05) is 23.0 Å². The molecule has 3 rings (SSSR count). The zero-order valence-corrected chi connectivity index (χ0v) is 14.8. The maximum Gasteiger partial charge on any atom is 0.293 e. The van der Waals surface area contributed by atoms with Crippen molar-refractivity contribution in [2.75, 3.05) is 12.4 Å². The molecule has 0 heterocycles. The maximum atomic E-state index is 11.8. The Hall–Kier alpha value is -2.16. The van der Waals surface area contributed by atoms with Gasteiger partial charge in [0.2, 0.25) is 10.0 Å². The molecule has 2 aromatic carbocycles. The van der Waals surface area contributed by atoms with Crippen molar-refractivity contribution < 1.29 is 13.3 Å². The second kappa shape index (κ2) is 6.62. The Labute approximate surface area is 150 Å². The number of halogens is 1. The second-order valence-electron chi connectivity index (χ2n) is 5.79. The van der Waals surface area contributed by atoms with Gasteiger partial charge in [0.1, 0.15) is 5.69 Å². The van der Waals surface area contributed by atoms with E-state index < -0.39 is 14.9 Å². The first-order valence-electron chi connectivity index (χ1n) is 7.56. The summed E-state index contributed by atoms with van der Waals surface area (Å²) in [5.74, 6) is 0.221. The van der Waals surface area contributed by atoms with E-state index in [1.54, 1.807) is 6.07 Å². The Morgan fingerprint density at radius 2 is 2.00 bits per heavy atom. The lowest BCUT2D eigenvalue weighted by Gasteiger charge is -2.09. The van der Waals surface area contributed by atoms with Crippen LogP contribution in [0.3, 0.4) is 0 Å². The molecule has 0 aromatic heterocycles. The van der Waals surface area contributed by atoms with Gasteiger partial charge in [-0.2, -0.15) is 0 Å². The Morgan fingerprint density at radius 3 is 2.64 bits per heavy atom. The molecule has 132 valence electrons. The smallest absolute Gasteiger partial charge is 0.293 e. The number of benzene rings is 2. The quantitative estimate of drug-likeness (QED) is 0.591. The lowest BCUT2D eigenvalue weighted by Crippen LogP contribution is -2.19. The molecule has 1 aliphatic carbocycles. The van der Waals surface area contributed by atoms with Crippen molar-refractivity contribution in [3.05, 3.63) is 63.2 Å². The van der Waals surface area contributed by atoms with E-state index in [9.17, 15) is 18.5 Å². The number of hydrogen-bond donors (Lipinski definition) is 2. The highest BCUT2D eigenvalue weighted by molar-refractivity contribution is 7.89. The number of nitro groups is 1. The summed E-state index contributed by atoms with van der Waals surface area (Å²) >= 11 is 5.99. The fraction of sp³-hybridized carbons (Fsp3) is 0.250. The number of rotatable bonds is 6. The molecule has 1 fully saturated rings. The van der Waals surface area contributed by atoms with Crippen LogP contribution in [0.4, 0.5) is 11.4 Å². The van der Waals surface area contributed by atoms with Gasteiger partial charge >= 0.3 is 0 Å². The monoisotopic (exact) mass is 381 g/mol. The van der Waals surface area contributed by atoms with E-state index in [4.69, 9.17) is 11.6 Å². The van der Waals surface area contributed by atoms with Crippen LogP contribution in [0.15, 0.2) is 47.4 Å². The van der Waals surface area contributed by atoms with E-state index in [2.05, 4.69) is 10.0 Å². The van der Waals surface area contributed by atoms with E-state index in [-0.39, 0.29) is 22.5 Å². The minimum absolute atomic E-state index is 0.0453. The molecular weight excluding hydrogens is 366 g/mol. The average Bonchev–Trinajstić information content (AvgIpc) is 3.34. The summed E-state index contributed by atoms with van der Waals surface area (Å²) in [4.78, 5) is 10.6. The van der Waals surface area contributed by atoms with Crippen LogP contribution in [0.1, 0.15) is 17.9 Å². The van der Waals surface area contributed by atoms with E-state index in [1.165, 1.54) is 19.2 Å². The van der Waals surface area contributed by atoms with Gasteiger partial charge in [-0.05, 0) is 43.3 Å². The third-order valence-corrected chi connectivity index (χ3v) is 5.80. The molecule has 0 saturated heterocycles. The minimum Gasteiger partial charge on any atom is -0.376 e. The van der Waals surface area contributed by atoms with E-state index in [1.807, 2.05) is 18.2 Å². The molecule has 0 radical (unpaired) electrons. The highest BCUT2D eigenvalue weighted by Gasteiger charge is 2.39. The SMILES string of the molecule is CNS(=O)(=O)c1ccc(NC2CC2c2cccc(Cl)c2)c([N+](=O)[O-])c1. The molecule has 25 heavy (non-hydrogen) atoms. The maximum absolute atomic E-state index is 11.8. The zero-order valence-electron chi connectivity index (χ0n) is 13.3. The summed E-state index contributed by atoms with van der Waals surface area (Å²) in [6.07, 6.45) is 0.827. The summed E-state index contributed by atoms with van der Waals surface area (Å²) in [5.41, 5.74) is 1.10. The van der Waals surface area contributed by atoms with Gasteiger partial charge in [0.05, 0.1) is 9.82 Å². The van der Waals surface area contributed by atoms with Gasteiger partial charge < -0.3 is 5.32 Å². The van der Waals surface area contributed by atoms with Crippen LogP contribution in [0, 0.1) is 10.1 Å². The van der Waals surface area contributed by atoms with Crippen molar-refractivity contribution >= 4 is 33.0 Å². The molecule has 1 aliphatic rings. The van der Waals surface area contributed by atoms with Crippen LogP contribution in [0.5, 0.6) is 0 Å². The van der Waals surface area contributed by atoms with Crippen LogP contribution in [-0.2, 0) is 10.0 Å². The molecule has 1 saturated carbocycles. The molecule has 9 heteroatoms. The zero-order chi connectivity index (χ0) is 18.2. The molecular formula is C16H16ClN3O4S. The van der Waals surface area contributed by atoms with Crippen LogP contribution in [0.25, 0.3) is 0 Å². The van der Waals surface area contributed by atoms with Gasteiger partial charge in [-0.3, -0.25) is 10.1 Å². The molecule has 7 nitrogen and oxygen atoms in total. The van der Waals surface area contributed by atoms with Crippen molar-refractivity contribution in [3.8, 4) is 0 Å². The second-order valence-corrected chi connectivity index (χ2v) is 8.11. The summed E-state index contributed by atoms with van der Waals surface area (Å²) < 4.78 is 25.8. The molecule has 0 amide bonds. The van der Waals surface area contributed by atoms with Crippen LogP contribution in [0.2, 0.25) is 5.02 Å². The number of sulfonamides is 1. The number of hydrogen-bond acceptors (Lipinski definition) is 5. The summed E-state index contributed by atoms with van der Waals surface area (Å²) in [5, 5.41) is 15.1. The first-order chi connectivity index (χ1) is 11.8. The highest BCUT2D eigenvalue weighted by Crippen LogP contribution is 2.44. The molecule has 0 spiro atoms. The first kappa shape index (κ1) is 17.7. The van der Waals surface area contributed by atoms with Gasteiger partial charge in [-0.15, -0.1) is 0 Å². The van der Waals surface area contributed by atoms with E-state index in [0.29, 0.717) is 10.7 Å². The third kappa shape index (κ3) is 3.76. The Balaban J connectivity index is 1.83. The molecule has 2 N–H and O–H groups in total. The Morgan fingerprint density at radius 1 is 1.24 bits per heavy atom. The largest absolute Gasteiger partial charge is 0.376 e. The van der Waals surface area contributed by atoms with Gasteiger partial charge in [-0.25, -0.2) is 13.1 Å². The normalized spacial score (nSPS) is 19.4. The molecule has 2 unspecified atom stereocenters. The molecule has 0 aliphatic heterocycles. The highest BCUT2D eigenvalue weighted by atomic mass is 35.5. The molecule has 0 bridgehead atoms. The van der Waals surface area contributed by atoms with Crippen LogP contribution in [-0.4, -0.2) is 26.4 Å². The van der Waals surface area contributed by atoms with Crippen molar-refractivity contribution in [3.63, 3.8) is 0 Å². The number of anilines is 1. The topological polar surface area (TPSA) is 101 Å². The van der Waals surface area contributed by atoms with Crippen molar-refractivity contribution in [1.29, 1.82) is 0 Å².